The van der Waals surface area contributed by atoms with Crippen LogP contribution in [-0.2, 0) is 0 Å². The van der Waals surface area contributed by atoms with E-state index in [0.717, 1.165) is 6.07 Å². The molecule has 1 N–H and O–H groups in total. The van der Waals surface area contributed by atoms with Gasteiger partial charge in [0.15, 0.2) is 23.0 Å². The number of nitrogens with one attached hydrogen (secondary N) is 1. The van der Waals surface area contributed by atoms with Crippen LogP contribution in [0.5, 0.6) is 11.5 Å². The van der Waals surface area contributed by atoms with Gasteiger partial charge >= 0.3 is 0 Å². The summed E-state index contributed by atoms with van der Waals surface area (Å²) >= 11 is 0. The van der Waals surface area contributed by atoms with Crippen LogP contribution in [0.3, 0.4) is 0 Å². The van der Waals surface area contributed by atoms with E-state index in [1.54, 1.807) is 37.2 Å². The Morgan fingerprint density at radius 3 is 2.61 bits per heavy atom. The standard InChI is InChI=1S/C22H21F2N3O4/c1-27(2)18(15-5-4-14(23)10-16(15)24)12-25-22(28)17-11-20(31-26-17)13-3-6-19-21(9-13)30-8-7-29-19/h3-6,9-11,18H,7-8,12H2,1-2H3,(H,25,28)/t18-/m1/s1. The highest BCUT2D eigenvalue weighted by atomic mass is 19.1. The topological polar surface area (TPSA) is 76.8 Å². The lowest BCUT2D eigenvalue weighted by Crippen LogP contribution is -2.35. The molecule has 0 unspecified atom stereocenters. The van der Waals surface area contributed by atoms with Crippen LogP contribution in [0, 0.1) is 11.6 Å². The predicted octanol–water partition coefficient (Wildman–Crippen LogP) is 3.42. The van der Waals surface area contributed by atoms with Gasteiger partial charge in [0.25, 0.3) is 5.91 Å². The first-order valence-electron chi connectivity index (χ1n) is 9.68. The minimum Gasteiger partial charge on any atom is -0.486 e. The average molecular weight is 429 g/mol. The molecule has 3 aromatic rings. The van der Waals surface area contributed by atoms with Crippen LogP contribution in [0.4, 0.5) is 8.78 Å². The zero-order chi connectivity index (χ0) is 22.0. The van der Waals surface area contributed by atoms with E-state index in [1.165, 1.54) is 18.2 Å². The van der Waals surface area contributed by atoms with Crippen molar-refractivity contribution >= 4 is 5.91 Å². The number of nitrogens with zero attached hydrogens (tertiary/aromatic N) is 2. The Hall–Kier alpha value is -3.46. The van der Waals surface area contributed by atoms with Gasteiger partial charge in [-0.2, -0.15) is 0 Å². The van der Waals surface area contributed by atoms with Crippen molar-refractivity contribution in [2.24, 2.45) is 0 Å². The molecule has 0 fully saturated rings. The van der Waals surface area contributed by atoms with E-state index in [-0.39, 0.29) is 17.8 Å². The number of benzene rings is 2. The highest BCUT2D eigenvalue weighted by Gasteiger charge is 2.22. The number of fused-ring (bicyclic) bond motifs is 1. The van der Waals surface area contributed by atoms with Gasteiger partial charge in [0, 0.05) is 29.8 Å². The Morgan fingerprint density at radius 2 is 1.87 bits per heavy atom. The first-order chi connectivity index (χ1) is 14.9. The molecule has 0 spiro atoms. The third kappa shape index (κ3) is 4.51. The first-order valence-corrected chi connectivity index (χ1v) is 9.68. The average Bonchev–Trinajstić information content (AvgIpc) is 3.25. The molecule has 0 saturated heterocycles. The van der Waals surface area contributed by atoms with E-state index >= 15 is 0 Å². The Morgan fingerprint density at radius 1 is 1.10 bits per heavy atom. The Bertz CT molecular complexity index is 1100. The smallest absolute Gasteiger partial charge is 0.273 e. The third-order valence-electron chi connectivity index (χ3n) is 4.97. The van der Waals surface area contributed by atoms with E-state index < -0.39 is 23.6 Å². The molecular formula is C22H21F2N3O4. The fourth-order valence-corrected chi connectivity index (χ4v) is 3.34. The van der Waals surface area contributed by atoms with Crippen molar-refractivity contribution in [1.82, 2.24) is 15.4 Å². The number of rotatable bonds is 6. The van der Waals surface area contributed by atoms with Crippen molar-refractivity contribution in [3.63, 3.8) is 0 Å². The van der Waals surface area contributed by atoms with Crippen molar-refractivity contribution in [3.8, 4) is 22.8 Å². The zero-order valence-electron chi connectivity index (χ0n) is 17.0. The molecule has 1 aromatic heterocycles. The van der Waals surface area contributed by atoms with Crippen molar-refractivity contribution in [1.29, 1.82) is 0 Å². The zero-order valence-corrected chi connectivity index (χ0v) is 17.0. The van der Waals surface area contributed by atoms with E-state index in [4.69, 9.17) is 14.0 Å². The molecule has 2 aromatic carbocycles. The maximum absolute atomic E-state index is 14.2. The van der Waals surface area contributed by atoms with Gasteiger partial charge in [0.1, 0.15) is 24.8 Å². The maximum atomic E-state index is 14.2. The summed E-state index contributed by atoms with van der Waals surface area (Å²) in [6.45, 7) is 1.05. The summed E-state index contributed by atoms with van der Waals surface area (Å²) in [4.78, 5) is 14.3. The van der Waals surface area contributed by atoms with Crippen molar-refractivity contribution in [3.05, 3.63) is 65.4 Å². The molecule has 1 atom stereocenters. The second kappa shape index (κ2) is 8.73. The second-order valence-electron chi connectivity index (χ2n) is 7.29. The van der Waals surface area contributed by atoms with Crippen LogP contribution in [-0.4, -0.2) is 49.8 Å². The van der Waals surface area contributed by atoms with Gasteiger partial charge < -0.3 is 24.2 Å². The molecule has 9 heteroatoms. The molecule has 2 heterocycles. The quantitative estimate of drug-likeness (QED) is 0.647. The summed E-state index contributed by atoms with van der Waals surface area (Å²) in [6, 6.07) is 9.73. The molecule has 7 nitrogen and oxygen atoms in total. The van der Waals surface area contributed by atoms with Crippen LogP contribution in [0.2, 0.25) is 0 Å². The number of carbonyl (C=O) groups is 1. The van der Waals surface area contributed by atoms with Crippen molar-refractivity contribution in [2.75, 3.05) is 33.9 Å². The van der Waals surface area contributed by atoms with Gasteiger partial charge in [-0.15, -0.1) is 0 Å². The monoisotopic (exact) mass is 429 g/mol. The lowest BCUT2D eigenvalue weighted by Gasteiger charge is -2.25. The number of aromatic nitrogens is 1. The summed E-state index contributed by atoms with van der Waals surface area (Å²) in [5.41, 5.74) is 1.06. The molecule has 0 aliphatic carbocycles. The van der Waals surface area contributed by atoms with Crippen molar-refractivity contribution in [2.45, 2.75) is 6.04 Å². The maximum Gasteiger partial charge on any atom is 0.273 e. The molecule has 0 radical (unpaired) electrons. The minimum atomic E-state index is -0.671. The second-order valence-corrected chi connectivity index (χ2v) is 7.29. The normalized spacial score (nSPS) is 13.8. The van der Waals surface area contributed by atoms with Crippen LogP contribution in [0.25, 0.3) is 11.3 Å². The van der Waals surface area contributed by atoms with Crippen LogP contribution < -0.4 is 14.8 Å². The number of halogens is 2. The Labute approximate surface area is 177 Å². The molecule has 1 aliphatic rings. The van der Waals surface area contributed by atoms with E-state index in [0.29, 0.717) is 36.0 Å². The number of amides is 1. The van der Waals surface area contributed by atoms with Crippen LogP contribution in [0.1, 0.15) is 22.1 Å². The van der Waals surface area contributed by atoms with E-state index in [9.17, 15) is 13.6 Å². The van der Waals surface area contributed by atoms with Crippen molar-refractivity contribution < 1.29 is 27.6 Å². The number of carbonyl (C=O) groups excluding carboxylic acids is 1. The summed E-state index contributed by atoms with van der Waals surface area (Å²) < 4.78 is 43.8. The number of hydrogen-bond donors (Lipinski definition) is 1. The van der Waals surface area contributed by atoms with Crippen LogP contribution in [0.15, 0.2) is 47.0 Å². The fourth-order valence-electron chi connectivity index (χ4n) is 3.34. The molecular weight excluding hydrogens is 408 g/mol. The summed E-state index contributed by atoms with van der Waals surface area (Å²) in [5.74, 6) is -0.151. The largest absolute Gasteiger partial charge is 0.486 e. The lowest BCUT2D eigenvalue weighted by atomic mass is 10.0. The molecule has 4 rings (SSSR count). The van der Waals surface area contributed by atoms with Gasteiger partial charge in [0.2, 0.25) is 0 Å². The van der Waals surface area contributed by atoms with Crippen LogP contribution >= 0.6 is 0 Å². The third-order valence-corrected chi connectivity index (χ3v) is 4.97. The highest BCUT2D eigenvalue weighted by molar-refractivity contribution is 5.93. The summed E-state index contributed by atoms with van der Waals surface area (Å²) in [7, 11) is 3.49. The lowest BCUT2D eigenvalue weighted by molar-refractivity contribution is 0.0932. The van der Waals surface area contributed by atoms with Gasteiger partial charge in [0.05, 0.1) is 6.04 Å². The Balaban J connectivity index is 1.46. The van der Waals surface area contributed by atoms with E-state index in [1.807, 2.05) is 0 Å². The molecule has 0 saturated carbocycles. The summed E-state index contributed by atoms with van der Waals surface area (Å²) in [5, 5.41) is 6.56. The molecule has 31 heavy (non-hydrogen) atoms. The van der Waals surface area contributed by atoms with Gasteiger partial charge in [-0.3, -0.25) is 4.79 Å². The van der Waals surface area contributed by atoms with E-state index in [2.05, 4.69) is 10.5 Å². The SMILES string of the molecule is CN(C)[C@H](CNC(=O)c1cc(-c2ccc3c(c2)OCCO3)on1)c1ccc(F)cc1F. The van der Waals surface area contributed by atoms with Gasteiger partial charge in [-0.05, 0) is 38.4 Å². The summed E-state index contributed by atoms with van der Waals surface area (Å²) in [6.07, 6.45) is 0. The molecule has 1 amide bonds. The fraction of sp³-hybridized carbons (Fsp3) is 0.273. The van der Waals surface area contributed by atoms with Gasteiger partial charge in [-0.25, -0.2) is 8.78 Å². The first kappa shape index (κ1) is 20.8. The minimum absolute atomic E-state index is 0.0852. The number of likely N-dealkylation sites (N-methyl/N-ethyl adjacent to an activating group) is 1. The number of ether oxygens (including phenoxy) is 2. The number of hydrogen-bond acceptors (Lipinski definition) is 6. The highest BCUT2D eigenvalue weighted by Crippen LogP contribution is 2.34. The predicted molar refractivity (Wildman–Crippen MR) is 108 cm³/mol. The Kier molecular flexibility index (Phi) is 5.85. The molecule has 0 bridgehead atoms. The molecule has 1 aliphatic heterocycles. The molecule has 162 valence electrons. The van der Waals surface area contributed by atoms with Gasteiger partial charge in [-0.1, -0.05) is 11.2 Å².